The number of Topliss-reactive ketones (excluding diaryl/α,β-unsaturated/α-hetero) is 1. The van der Waals surface area contributed by atoms with Gasteiger partial charge in [0.1, 0.15) is 0 Å². The van der Waals surface area contributed by atoms with Gasteiger partial charge in [0, 0.05) is 11.8 Å². The summed E-state index contributed by atoms with van der Waals surface area (Å²) < 4.78 is -0.962. The molecule has 6 saturated carbocycles. The highest BCUT2D eigenvalue weighted by Crippen LogP contribution is 2.95. The second-order valence-electron chi connectivity index (χ2n) is 5.78. The molecule has 0 amide bonds. The summed E-state index contributed by atoms with van der Waals surface area (Å²) in [6.07, 6.45) is 0. The molecule has 2 N–H and O–H groups in total. The molecule has 0 radical (unpaired) electrons. The maximum absolute atomic E-state index is 12.1. The van der Waals surface area contributed by atoms with Crippen LogP contribution < -0.4 is 0 Å². The van der Waals surface area contributed by atoms with Gasteiger partial charge in [0.2, 0.25) is 0 Å². The van der Waals surface area contributed by atoms with Crippen LogP contribution in [0.5, 0.6) is 0 Å². The third-order valence-corrected chi connectivity index (χ3v) is 9.06. The number of carbonyl (C=O) groups is 1. The zero-order chi connectivity index (χ0) is 10.5. The standard InChI is InChI=1S/C10H8Br2O3/c11-8-4-2-1(7(8)13)3-5(8)6(4)9(2,12)10(3,14)15/h1-6,14-15H/t1?,2?,3?,4?,5?,6?,8-,9?/m0/s1. The molecule has 6 fully saturated rings. The van der Waals surface area contributed by atoms with Crippen LogP contribution in [-0.4, -0.2) is 30.4 Å². The summed E-state index contributed by atoms with van der Waals surface area (Å²) in [5.41, 5.74) is 0. The molecule has 15 heavy (non-hydrogen) atoms. The van der Waals surface area contributed by atoms with E-state index in [1.165, 1.54) is 0 Å². The number of halogens is 2. The molecule has 6 aliphatic carbocycles. The molecule has 0 aromatic rings. The minimum atomic E-state index is -1.67. The Bertz CT molecular complexity index is 464. The zero-order valence-corrected chi connectivity index (χ0v) is 10.7. The fourth-order valence-electron chi connectivity index (χ4n) is 5.80. The van der Waals surface area contributed by atoms with Gasteiger partial charge in [-0.05, 0) is 23.7 Å². The Morgan fingerprint density at radius 3 is 2.07 bits per heavy atom. The monoisotopic (exact) mass is 334 g/mol. The molecular formula is C10H8Br2O3. The quantitative estimate of drug-likeness (QED) is 0.493. The van der Waals surface area contributed by atoms with E-state index < -0.39 is 10.1 Å². The Hall–Kier alpha value is 0.550. The SMILES string of the molecule is O=C1C2C3C4C5C(C2C5(Br)C3(O)O)[C@@]14Br. The van der Waals surface area contributed by atoms with Crippen molar-refractivity contribution in [2.75, 3.05) is 0 Å². The van der Waals surface area contributed by atoms with E-state index in [0.29, 0.717) is 11.8 Å². The van der Waals surface area contributed by atoms with Crippen molar-refractivity contribution in [3.63, 3.8) is 0 Å². The fraction of sp³-hybridized carbons (Fsp3) is 0.900. The van der Waals surface area contributed by atoms with Crippen LogP contribution in [0.25, 0.3) is 0 Å². The molecule has 8 atom stereocenters. The van der Waals surface area contributed by atoms with Crippen molar-refractivity contribution in [3.8, 4) is 0 Å². The topological polar surface area (TPSA) is 57.5 Å². The van der Waals surface area contributed by atoms with Gasteiger partial charge in [0.15, 0.2) is 11.6 Å². The van der Waals surface area contributed by atoms with E-state index >= 15 is 0 Å². The number of rotatable bonds is 0. The summed E-state index contributed by atoms with van der Waals surface area (Å²) in [6.45, 7) is 0. The fourth-order valence-corrected chi connectivity index (χ4v) is 8.60. The molecule has 80 valence electrons. The summed E-state index contributed by atoms with van der Waals surface area (Å²) in [4.78, 5) is 12.1. The summed E-state index contributed by atoms with van der Waals surface area (Å²) in [5, 5.41) is 20.4. The van der Waals surface area contributed by atoms with Crippen LogP contribution in [0, 0.1) is 35.5 Å². The third kappa shape index (κ3) is 0.424. The highest BCUT2D eigenvalue weighted by Gasteiger charge is 3.03. The Morgan fingerprint density at radius 1 is 1.00 bits per heavy atom. The number of ketones is 1. The highest BCUT2D eigenvalue weighted by atomic mass is 79.9. The maximum atomic E-state index is 12.1. The lowest BCUT2D eigenvalue weighted by atomic mass is 9.40. The van der Waals surface area contributed by atoms with Gasteiger partial charge in [-0.15, -0.1) is 0 Å². The van der Waals surface area contributed by atoms with Gasteiger partial charge in [-0.25, -0.2) is 0 Å². The van der Waals surface area contributed by atoms with E-state index in [1.54, 1.807) is 0 Å². The Labute approximate surface area is 102 Å². The molecule has 7 unspecified atom stereocenters. The molecule has 0 aliphatic heterocycles. The number of hydrogen-bond donors (Lipinski definition) is 2. The molecule has 0 aromatic heterocycles. The predicted molar refractivity (Wildman–Crippen MR) is 56.4 cm³/mol. The lowest BCUT2D eigenvalue weighted by Crippen LogP contribution is -2.75. The lowest BCUT2D eigenvalue weighted by molar-refractivity contribution is -0.202. The number of hydrogen-bond acceptors (Lipinski definition) is 3. The van der Waals surface area contributed by atoms with E-state index in [1.807, 2.05) is 0 Å². The normalized spacial score (nSPS) is 78.5. The van der Waals surface area contributed by atoms with Gasteiger partial charge in [0.25, 0.3) is 0 Å². The third-order valence-electron chi connectivity index (χ3n) is 5.97. The van der Waals surface area contributed by atoms with E-state index in [9.17, 15) is 15.0 Å². The first-order chi connectivity index (χ1) is 6.89. The van der Waals surface area contributed by atoms with E-state index in [0.717, 1.165) is 0 Å². The van der Waals surface area contributed by atoms with Crippen LogP contribution in [-0.2, 0) is 4.79 Å². The molecule has 6 aliphatic rings. The molecule has 0 saturated heterocycles. The first-order valence-corrected chi connectivity index (χ1v) is 6.85. The zero-order valence-electron chi connectivity index (χ0n) is 7.52. The second-order valence-corrected chi connectivity index (χ2v) is 8.41. The Balaban J connectivity index is 1.89. The molecule has 0 heterocycles. The smallest absolute Gasteiger partial charge is 0.182 e. The Morgan fingerprint density at radius 2 is 1.60 bits per heavy atom. The highest BCUT2D eigenvalue weighted by molar-refractivity contribution is 9.10. The van der Waals surface area contributed by atoms with Gasteiger partial charge >= 0.3 is 0 Å². The summed E-state index contributed by atoms with van der Waals surface area (Å²) in [6, 6.07) is 0. The Kier molecular flexibility index (Phi) is 0.981. The van der Waals surface area contributed by atoms with E-state index in [2.05, 4.69) is 31.9 Å². The van der Waals surface area contributed by atoms with Gasteiger partial charge in [-0.2, -0.15) is 0 Å². The number of alkyl halides is 2. The molecule has 5 heteroatoms. The predicted octanol–water partition coefficient (Wildman–Crippen LogP) is 0.269. The van der Waals surface area contributed by atoms with Crippen molar-refractivity contribution in [3.05, 3.63) is 0 Å². The number of aliphatic hydroxyl groups is 2. The maximum Gasteiger partial charge on any atom is 0.182 e. The largest absolute Gasteiger partial charge is 0.364 e. The lowest BCUT2D eigenvalue weighted by Gasteiger charge is -2.69. The van der Waals surface area contributed by atoms with Crippen LogP contribution in [0.4, 0.5) is 0 Å². The van der Waals surface area contributed by atoms with Crippen LogP contribution >= 0.6 is 31.9 Å². The molecule has 4 bridgehead atoms. The van der Waals surface area contributed by atoms with Gasteiger partial charge < -0.3 is 10.2 Å². The molecule has 0 aromatic carbocycles. The van der Waals surface area contributed by atoms with Gasteiger partial charge in [-0.3, -0.25) is 4.79 Å². The van der Waals surface area contributed by atoms with Crippen molar-refractivity contribution in [2.24, 2.45) is 35.5 Å². The van der Waals surface area contributed by atoms with Crippen LogP contribution in [0.2, 0.25) is 0 Å². The first kappa shape index (κ1) is 8.61. The van der Waals surface area contributed by atoms with Crippen molar-refractivity contribution in [1.82, 2.24) is 0 Å². The summed E-state index contributed by atoms with van der Waals surface area (Å²) >= 11 is 7.13. The van der Waals surface area contributed by atoms with Gasteiger partial charge in [-0.1, -0.05) is 31.9 Å². The molecular weight excluding hydrogens is 328 g/mol. The minimum Gasteiger partial charge on any atom is -0.364 e. The minimum absolute atomic E-state index is 0.112. The summed E-state index contributed by atoms with van der Waals surface area (Å²) in [5.74, 6) is -0.826. The summed E-state index contributed by atoms with van der Waals surface area (Å²) in [7, 11) is 0. The van der Waals surface area contributed by atoms with Crippen LogP contribution in [0.1, 0.15) is 0 Å². The van der Waals surface area contributed by atoms with E-state index in [-0.39, 0.29) is 33.8 Å². The van der Waals surface area contributed by atoms with Crippen LogP contribution in [0.15, 0.2) is 0 Å². The van der Waals surface area contributed by atoms with Crippen molar-refractivity contribution < 1.29 is 15.0 Å². The van der Waals surface area contributed by atoms with Crippen LogP contribution in [0.3, 0.4) is 0 Å². The molecule has 3 nitrogen and oxygen atoms in total. The van der Waals surface area contributed by atoms with Gasteiger partial charge in [0.05, 0.1) is 8.65 Å². The number of carbonyl (C=O) groups excluding carboxylic acids is 1. The average molecular weight is 336 g/mol. The van der Waals surface area contributed by atoms with Crippen molar-refractivity contribution >= 4 is 37.6 Å². The first-order valence-electron chi connectivity index (χ1n) is 5.26. The average Bonchev–Trinajstić information content (AvgIpc) is 2.52. The molecule has 0 spiro atoms. The second kappa shape index (κ2) is 1.71. The molecule has 6 rings (SSSR count). The van der Waals surface area contributed by atoms with E-state index in [4.69, 9.17) is 0 Å². The van der Waals surface area contributed by atoms with Crippen molar-refractivity contribution in [2.45, 2.75) is 14.4 Å². The van der Waals surface area contributed by atoms with Crippen molar-refractivity contribution in [1.29, 1.82) is 0 Å².